The van der Waals surface area contributed by atoms with Crippen LogP contribution in [0.15, 0.2) is 0 Å². The molecule has 1 aliphatic rings. The monoisotopic (exact) mass is 255 g/mol. The first kappa shape index (κ1) is 15.4. The molecule has 2 N–H and O–H groups in total. The summed E-state index contributed by atoms with van der Waals surface area (Å²) in [6.45, 7) is 9.24. The van der Waals surface area contributed by atoms with Crippen LogP contribution < -0.4 is 10.6 Å². The first-order valence-corrected chi connectivity index (χ1v) is 7.25. The molecule has 1 rings (SSSR count). The molecule has 0 aromatic carbocycles. The minimum Gasteiger partial charge on any atom is -0.354 e. The molecule has 0 aromatic heterocycles. The molecule has 1 fully saturated rings. The zero-order chi connectivity index (χ0) is 13.6. The Labute approximate surface area is 111 Å². The molecule has 0 bridgehead atoms. The predicted molar refractivity (Wildman–Crippen MR) is 75.7 cm³/mol. The molecule has 4 heteroatoms. The van der Waals surface area contributed by atoms with Crippen LogP contribution in [0.4, 0.5) is 0 Å². The molecule has 1 aliphatic heterocycles. The third kappa shape index (κ3) is 3.95. The summed E-state index contributed by atoms with van der Waals surface area (Å²) < 4.78 is 0. The molecule has 18 heavy (non-hydrogen) atoms. The highest BCUT2D eigenvalue weighted by atomic mass is 16.2. The van der Waals surface area contributed by atoms with Gasteiger partial charge < -0.3 is 15.5 Å². The van der Waals surface area contributed by atoms with E-state index in [1.54, 1.807) is 0 Å². The summed E-state index contributed by atoms with van der Waals surface area (Å²) in [5.41, 5.74) is -0.288. The lowest BCUT2D eigenvalue weighted by Crippen LogP contribution is -2.53. The number of hydrogen-bond acceptors (Lipinski definition) is 3. The van der Waals surface area contributed by atoms with Crippen molar-refractivity contribution in [2.45, 2.75) is 58.0 Å². The highest BCUT2D eigenvalue weighted by Gasteiger charge is 2.38. The maximum Gasteiger partial charge on any atom is 0.240 e. The van der Waals surface area contributed by atoms with Gasteiger partial charge in [0.1, 0.15) is 0 Å². The Balaban J connectivity index is 2.24. The van der Waals surface area contributed by atoms with Gasteiger partial charge in [0.2, 0.25) is 5.91 Å². The summed E-state index contributed by atoms with van der Waals surface area (Å²) in [7, 11) is 2.12. The molecule has 1 unspecified atom stereocenters. The second kappa shape index (κ2) is 7.10. The number of carbonyl (C=O) groups excluding carboxylic acids is 1. The minimum absolute atomic E-state index is 0.190. The quantitative estimate of drug-likeness (QED) is 0.675. The lowest BCUT2D eigenvalue weighted by atomic mass is 9.93. The molecule has 0 saturated carbocycles. The van der Waals surface area contributed by atoms with Crippen LogP contribution in [0, 0.1) is 0 Å². The van der Waals surface area contributed by atoms with Gasteiger partial charge in [0.05, 0.1) is 5.54 Å². The van der Waals surface area contributed by atoms with Crippen molar-refractivity contribution in [3.05, 3.63) is 0 Å². The Morgan fingerprint density at radius 3 is 2.72 bits per heavy atom. The fourth-order valence-electron chi connectivity index (χ4n) is 2.42. The smallest absolute Gasteiger partial charge is 0.240 e. The van der Waals surface area contributed by atoms with Crippen LogP contribution in [-0.2, 0) is 4.79 Å². The van der Waals surface area contributed by atoms with Crippen LogP contribution in [-0.4, -0.2) is 49.1 Å². The normalized spacial score (nSPS) is 23.9. The maximum absolute atomic E-state index is 12.2. The van der Waals surface area contributed by atoms with Gasteiger partial charge in [0.25, 0.3) is 0 Å². The summed E-state index contributed by atoms with van der Waals surface area (Å²) in [6.07, 6.45) is 3.98. The molecular formula is C14H29N3O. The van der Waals surface area contributed by atoms with Gasteiger partial charge in [-0.2, -0.15) is 0 Å². The van der Waals surface area contributed by atoms with E-state index in [0.717, 1.165) is 45.3 Å². The van der Waals surface area contributed by atoms with Gasteiger partial charge in [-0.15, -0.1) is 0 Å². The van der Waals surface area contributed by atoms with Crippen molar-refractivity contribution >= 4 is 5.91 Å². The molecule has 1 amide bonds. The highest BCUT2D eigenvalue weighted by Crippen LogP contribution is 2.22. The molecule has 1 heterocycles. The van der Waals surface area contributed by atoms with Crippen LogP contribution in [0.25, 0.3) is 0 Å². The van der Waals surface area contributed by atoms with Gasteiger partial charge in [0.15, 0.2) is 0 Å². The summed E-state index contributed by atoms with van der Waals surface area (Å²) in [5, 5.41) is 6.45. The Morgan fingerprint density at radius 1 is 1.50 bits per heavy atom. The van der Waals surface area contributed by atoms with E-state index in [1.165, 1.54) is 0 Å². The second-order valence-corrected chi connectivity index (χ2v) is 5.65. The van der Waals surface area contributed by atoms with Gasteiger partial charge >= 0.3 is 0 Å². The van der Waals surface area contributed by atoms with Crippen LogP contribution >= 0.6 is 0 Å². The second-order valence-electron chi connectivity index (χ2n) is 5.65. The molecule has 1 atom stereocenters. The van der Waals surface area contributed by atoms with Crippen LogP contribution in [0.5, 0.6) is 0 Å². The standard InChI is InChI=1S/C14H29N3O/c1-5-14(8-6-10-16-14)13(18)15-9-7-11-17(4)12(2)3/h12,16H,5-11H2,1-4H3,(H,15,18). The zero-order valence-electron chi connectivity index (χ0n) is 12.4. The van der Waals surface area contributed by atoms with Crippen LogP contribution in [0.1, 0.15) is 46.5 Å². The molecule has 4 nitrogen and oxygen atoms in total. The highest BCUT2D eigenvalue weighted by molar-refractivity contribution is 5.86. The zero-order valence-corrected chi connectivity index (χ0v) is 12.4. The number of nitrogens with one attached hydrogen (secondary N) is 2. The van der Waals surface area contributed by atoms with E-state index in [4.69, 9.17) is 0 Å². The Morgan fingerprint density at radius 2 is 2.22 bits per heavy atom. The number of rotatable bonds is 7. The van der Waals surface area contributed by atoms with Crippen molar-refractivity contribution in [1.29, 1.82) is 0 Å². The van der Waals surface area contributed by atoms with Crippen molar-refractivity contribution in [3.8, 4) is 0 Å². The van der Waals surface area contributed by atoms with Gasteiger partial charge in [-0.3, -0.25) is 4.79 Å². The van der Waals surface area contributed by atoms with Gasteiger partial charge in [-0.1, -0.05) is 6.92 Å². The van der Waals surface area contributed by atoms with E-state index in [0.29, 0.717) is 6.04 Å². The number of nitrogens with zero attached hydrogens (tertiary/aromatic N) is 1. The van der Waals surface area contributed by atoms with Crippen LogP contribution in [0.2, 0.25) is 0 Å². The Bertz CT molecular complexity index is 260. The minimum atomic E-state index is -0.288. The predicted octanol–water partition coefficient (Wildman–Crippen LogP) is 1.37. The van der Waals surface area contributed by atoms with E-state index in [2.05, 4.69) is 43.4 Å². The Hall–Kier alpha value is -0.610. The fraction of sp³-hybridized carbons (Fsp3) is 0.929. The van der Waals surface area contributed by atoms with Crippen molar-refractivity contribution in [2.24, 2.45) is 0 Å². The molecular weight excluding hydrogens is 226 g/mol. The summed E-state index contributed by atoms with van der Waals surface area (Å²) in [5.74, 6) is 0.190. The fourth-order valence-corrected chi connectivity index (χ4v) is 2.42. The largest absolute Gasteiger partial charge is 0.354 e. The number of amides is 1. The van der Waals surface area contributed by atoms with Crippen molar-refractivity contribution < 1.29 is 4.79 Å². The maximum atomic E-state index is 12.2. The molecule has 0 spiro atoms. The van der Waals surface area contributed by atoms with E-state index >= 15 is 0 Å². The van der Waals surface area contributed by atoms with E-state index in [9.17, 15) is 4.79 Å². The van der Waals surface area contributed by atoms with Gasteiger partial charge in [0, 0.05) is 12.6 Å². The molecule has 0 radical (unpaired) electrons. The third-order valence-corrected chi connectivity index (χ3v) is 4.14. The summed E-state index contributed by atoms with van der Waals surface area (Å²) >= 11 is 0. The van der Waals surface area contributed by atoms with Gasteiger partial charge in [-0.05, 0) is 59.7 Å². The van der Waals surface area contributed by atoms with E-state index < -0.39 is 0 Å². The van der Waals surface area contributed by atoms with Crippen molar-refractivity contribution in [1.82, 2.24) is 15.5 Å². The first-order valence-electron chi connectivity index (χ1n) is 7.25. The Kier molecular flexibility index (Phi) is 6.09. The first-order chi connectivity index (χ1) is 8.52. The van der Waals surface area contributed by atoms with Crippen molar-refractivity contribution in [2.75, 3.05) is 26.7 Å². The molecule has 1 saturated heterocycles. The topological polar surface area (TPSA) is 44.4 Å². The average Bonchev–Trinajstić information content (AvgIpc) is 2.83. The SMILES string of the molecule is CCC1(C(=O)NCCCN(C)C(C)C)CCCN1. The molecule has 0 aliphatic carbocycles. The number of hydrogen-bond donors (Lipinski definition) is 2. The van der Waals surface area contributed by atoms with Crippen LogP contribution in [0.3, 0.4) is 0 Å². The van der Waals surface area contributed by atoms with Crippen molar-refractivity contribution in [3.63, 3.8) is 0 Å². The third-order valence-electron chi connectivity index (χ3n) is 4.14. The molecule has 0 aromatic rings. The van der Waals surface area contributed by atoms with Gasteiger partial charge in [-0.25, -0.2) is 0 Å². The summed E-state index contributed by atoms with van der Waals surface area (Å²) in [4.78, 5) is 14.5. The lowest BCUT2D eigenvalue weighted by molar-refractivity contribution is -0.127. The lowest BCUT2D eigenvalue weighted by Gasteiger charge is -2.27. The average molecular weight is 255 g/mol. The summed E-state index contributed by atoms with van der Waals surface area (Å²) in [6, 6.07) is 0.569. The molecule has 106 valence electrons. The van der Waals surface area contributed by atoms with E-state index in [1.807, 2.05) is 0 Å². The number of carbonyl (C=O) groups is 1. The van der Waals surface area contributed by atoms with E-state index in [-0.39, 0.29) is 11.4 Å².